The maximum absolute atomic E-state index is 13.2. The van der Waals surface area contributed by atoms with Gasteiger partial charge < -0.3 is 9.64 Å². The molecule has 0 N–H and O–H groups in total. The van der Waals surface area contributed by atoms with E-state index in [0.29, 0.717) is 18.2 Å². The Morgan fingerprint density at radius 3 is 3.00 bits per heavy atom. The molecule has 0 bridgehead atoms. The maximum Gasteiger partial charge on any atom is 0.224 e. The van der Waals surface area contributed by atoms with Crippen LogP contribution in [0.1, 0.15) is 17.2 Å². The predicted octanol–water partition coefficient (Wildman–Crippen LogP) is 3.15. The van der Waals surface area contributed by atoms with E-state index in [4.69, 9.17) is 16.3 Å². The van der Waals surface area contributed by atoms with Crippen LogP contribution < -0.4 is 9.64 Å². The lowest BCUT2D eigenvalue weighted by molar-refractivity contribution is 0.264. The molecule has 4 nitrogen and oxygen atoms in total. The van der Waals surface area contributed by atoms with Crippen molar-refractivity contribution in [2.24, 2.45) is 0 Å². The first kappa shape index (κ1) is 13.1. The first-order valence-corrected chi connectivity index (χ1v) is 6.58. The molecule has 20 heavy (non-hydrogen) atoms. The molecule has 1 aliphatic heterocycles. The van der Waals surface area contributed by atoms with Crippen LogP contribution in [0.2, 0.25) is 5.28 Å². The molecule has 104 valence electrons. The molecule has 2 aromatic rings. The van der Waals surface area contributed by atoms with Crippen LogP contribution in [0.5, 0.6) is 5.75 Å². The van der Waals surface area contributed by atoms with Gasteiger partial charge in [-0.2, -0.15) is 4.98 Å². The highest BCUT2D eigenvalue weighted by molar-refractivity contribution is 6.28. The number of likely N-dealkylation sites (N-methyl/N-ethyl adjacent to an activating group) is 1. The summed E-state index contributed by atoms with van der Waals surface area (Å²) in [7, 11) is 1.91. The number of rotatable bonds is 1. The molecule has 1 atom stereocenters. The molecular formula is C14H13ClFN3O. The molecule has 0 fully saturated rings. The van der Waals surface area contributed by atoms with Crippen molar-refractivity contribution >= 4 is 17.4 Å². The number of hydrogen-bond acceptors (Lipinski definition) is 4. The fourth-order valence-corrected chi connectivity index (χ4v) is 2.56. The highest BCUT2D eigenvalue weighted by Gasteiger charge is 2.28. The van der Waals surface area contributed by atoms with E-state index in [1.54, 1.807) is 12.3 Å². The summed E-state index contributed by atoms with van der Waals surface area (Å²) in [6.07, 6.45) is 1.56. The quantitative estimate of drug-likeness (QED) is 0.757. The fraction of sp³-hybridized carbons (Fsp3) is 0.286. The zero-order valence-corrected chi connectivity index (χ0v) is 11.9. The molecule has 3 rings (SSSR count). The number of fused-ring (bicyclic) bond motifs is 1. The number of hydrogen-bond donors (Lipinski definition) is 0. The normalized spacial score (nSPS) is 17.6. The molecule has 1 aromatic carbocycles. The van der Waals surface area contributed by atoms with E-state index in [0.717, 1.165) is 11.1 Å². The third-order valence-corrected chi connectivity index (χ3v) is 3.68. The Bertz CT molecular complexity index is 665. The average molecular weight is 294 g/mol. The third-order valence-electron chi connectivity index (χ3n) is 3.50. The van der Waals surface area contributed by atoms with Crippen molar-refractivity contribution < 1.29 is 9.13 Å². The molecule has 0 radical (unpaired) electrons. The monoisotopic (exact) mass is 293 g/mol. The van der Waals surface area contributed by atoms with Gasteiger partial charge in [-0.1, -0.05) is 6.07 Å². The summed E-state index contributed by atoms with van der Waals surface area (Å²) in [6, 6.07) is 4.72. The van der Waals surface area contributed by atoms with Crippen molar-refractivity contribution in [1.82, 2.24) is 9.97 Å². The van der Waals surface area contributed by atoms with Crippen LogP contribution in [-0.4, -0.2) is 23.6 Å². The summed E-state index contributed by atoms with van der Waals surface area (Å²) in [6.45, 7) is 2.34. The van der Waals surface area contributed by atoms with E-state index in [9.17, 15) is 4.39 Å². The first-order valence-electron chi connectivity index (χ1n) is 6.20. The molecule has 6 heteroatoms. The molecule has 0 amide bonds. The Kier molecular flexibility index (Phi) is 3.22. The Hall–Kier alpha value is -1.88. The number of nitrogens with zero attached hydrogens (tertiary/aromatic N) is 3. The molecular weight excluding hydrogens is 281 g/mol. The maximum atomic E-state index is 13.2. The van der Waals surface area contributed by atoms with Gasteiger partial charge in [0.25, 0.3) is 0 Å². The second-order valence-corrected chi connectivity index (χ2v) is 5.10. The van der Waals surface area contributed by atoms with Crippen molar-refractivity contribution in [1.29, 1.82) is 0 Å². The van der Waals surface area contributed by atoms with Crippen LogP contribution in [0.3, 0.4) is 0 Å². The summed E-state index contributed by atoms with van der Waals surface area (Å²) >= 11 is 5.83. The smallest absolute Gasteiger partial charge is 0.224 e. The largest absolute Gasteiger partial charge is 0.486 e. The average Bonchev–Trinajstić information content (AvgIpc) is 2.41. The van der Waals surface area contributed by atoms with Gasteiger partial charge in [0.1, 0.15) is 12.4 Å². The Balaban J connectivity index is 2.01. The van der Waals surface area contributed by atoms with Gasteiger partial charge in [0, 0.05) is 7.05 Å². The molecule has 0 spiro atoms. The van der Waals surface area contributed by atoms with Crippen LogP contribution in [0.15, 0.2) is 24.4 Å². The number of benzene rings is 1. The summed E-state index contributed by atoms with van der Waals surface area (Å²) in [5.74, 6) is 1.01. The minimum Gasteiger partial charge on any atom is -0.486 e. The topological polar surface area (TPSA) is 38.3 Å². The molecule has 2 heterocycles. The summed E-state index contributed by atoms with van der Waals surface area (Å²) in [5.41, 5.74) is 1.89. The highest BCUT2D eigenvalue weighted by atomic mass is 35.5. The van der Waals surface area contributed by atoms with Crippen LogP contribution in [-0.2, 0) is 0 Å². The number of ether oxygens (including phenoxy) is 1. The van der Waals surface area contributed by atoms with Crippen molar-refractivity contribution in [2.45, 2.75) is 13.0 Å². The summed E-state index contributed by atoms with van der Waals surface area (Å²) in [5, 5.41) is 0.177. The second-order valence-electron chi connectivity index (χ2n) is 4.77. The van der Waals surface area contributed by atoms with Gasteiger partial charge in [-0.25, -0.2) is 9.37 Å². The lowest BCUT2D eigenvalue weighted by atomic mass is 10.00. The SMILES string of the molecule is Cc1cc(F)ccc1C1COc2cnc(Cl)nc2N1C. The van der Waals surface area contributed by atoms with Crippen LogP contribution in [0.25, 0.3) is 0 Å². The second kappa shape index (κ2) is 4.90. The molecule has 1 unspecified atom stereocenters. The van der Waals surface area contributed by atoms with Gasteiger partial charge in [0.05, 0.1) is 12.2 Å². The van der Waals surface area contributed by atoms with Crippen LogP contribution >= 0.6 is 11.6 Å². The number of aromatic nitrogens is 2. The van der Waals surface area contributed by atoms with E-state index >= 15 is 0 Å². The van der Waals surface area contributed by atoms with Crippen molar-refractivity contribution in [3.8, 4) is 5.75 Å². The van der Waals surface area contributed by atoms with E-state index < -0.39 is 0 Å². The van der Waals surface area contributed by atoms with E-state index in [1.165, 1.54) is 12.1 Å². The molecule has 0 saturated carbocycles. The van der Waals surface area contributed by atoms with Gasteiger partial charge in [-0.15, -0.1) is 0 Å². The zero-order valence-electron chi connectivity index (χ0n) is 11.1. The van der Waals surface area contributed by atoms with E-state index in [-0.39, 0.29) is 17.1 Å². The Labute approximate surface area is 121 Å². The number of halogens is 2. The third kappa shape index (κ3) is 2.18. The van der Waals surface area contributed by atoms with E-state index in [1.807, 2.05) is 18.9 Å². The highest BCUT2D eigenvalue weighted by Crippen LogP contribution is 2.37. The lowest BCUT2D eigenvalue weighted by Gasteiger charge is -2.35. The Morgan fingerprint density at radius 1 is 1.45 bits per heavy atom. The number of aryl methyl sites for hydroxylation is 1. The van der Waals surface area contributed by atoms with Crippen molar-refractivity contribution in [3.05, 3.63) is 46.6 Å². The molecule has 1 aliphatic rings. The van der Waals surface area contributed by atoms with Crippen LogP contribution in [0, 0.1) is 12.7 Å². The summed E-state index contributed by atoms with van der Waals surface area (Å²) < 4.78 is 18.9. The van der Waals surface area contributed by atoms with Gasteiger partial charge >= 0.3 is 0 Å². The zero-order chi connectivity index (χ0) is 14.3. The molecule has 1 aromatic heterocycles. The first-order chi connectivity index (χ1) is 9.56. The van der Waals surface area contributed by atoms with Gasteiger partial charge in [0.15, 0.2) is 11.6 Å². The van der Waals surface area contributed by atoms with Crippen molar-refractivity contribution in [3.63, 3.8) is 0 Å². The van der Waals surface area contributed by atoms with Crippen LogP contribution in [0.4, 0.5) is 10.2 Å². The standard InChI is InChI=1S/C14H13ClFN3O/c1-8-5-9(16)3-4-10(8)11-7-20-12-6-17-14(15)18-13(12)19(11)2/h3-6,11H,7H2,1-2H3. The fourth-order valence-electron chi connectivity index (χ4n) is 2.44. The number of anilines is 1. The lowest BCUT2D eigenvalue weighted by Crippen LogP contribution is -2.34. The molecule has 0 aliphatic carbocycles. The van der Waals surface area contributed by atoms with Crippen molar-refractivity contribution in [2.75, 3.05) is 18.6 Å². The minimum absolute atomic E-state index is 0.0333. The minimum atomic E-state index is -0.239. The Morgan fingerprint density at radius 2 is 2.25 bits per heavy atom. The van der Waals surface area contributed by atoms with Gasteiger partial charge in [-0.05, 0) is 41.8 Å². The summed E-state index contributed by atoms with van der Waals surface area (Å²) in [4.78, 5) is 10.1. The van der Waals surface area contributed by atoms with Gasteiger partial charge in [-0.3, -0.25) is 0 Å². The van der Waals surface area contributed by atoms with Gasteiger partial charge in [0.2, 0.25) is 5.28 Å². The molecule has 0 saturated heterocycles. The predicted molar refractivity (Wildman–Crippen MR) is 74.8 cm³/mol. The van der Waals surface area contributed by atoms with E-state index in [2.05, 4.69) is 9.97 Å².